The summed E-state index contributed by atoms with van der Waals surface area (Å²) in [4.78, 5) is 12.1. The molecule has 1 amide bonds. The van der Waals surface area contributed by atoms with Crippen molar-refractivity contribution in [2.45, 2.75) is 71.3 Å². The van der Waals surface area contributed by atoms with Crippen LogP contribution in [0.4, 0.5) is 0 Å². The van der Waals surface area contributed by atoms with Gasteiger partial charge in [-0.3, -0.25) is 4.79 Å². The monoisotopic (exact) mass is 273 g/mol. The Morgan fingerprint density at radius 2 is 1.94 bits per heavy atom. The zero-order valence-corrected chi connectivity index (χ0v) is 12.6. The molecule has 1 unspecified atom stereocenters. The summed E-state index contributed by atoms with van der Waals surface area (Å²) in [6.07, 6.45) is 9.49. The number of halogens is 1. The van der Waals surface area contributed by atoms with Crippen LogP contribution in [0.1, 0.15) is 65.2 Å². The minimum absolute atomic E-state index is 0.150. The summed E-state index contributed by atoms with van der Waals surface area (Å²) < 4.78 is 0. The average molecular weight is 274 g/mol. The highest BCUT2D eigenvalue weighted by Crippen LogP contribution is 2.32. The number of carbonyl (C=O) groups is 1. The van der Waals surface area contributed by atoms with Crippen molar-refractivity contribution in [2.24, 2.45) is 11.8 Å². The first-order valence-electron chi connectivity index (χ1n) is 7.57. The van der Waals surface area contributed by atoms with Crippen molar-refractivity contribution in [3.8, 4) is 0 Å². The van der Waals surface area contributed by atoms with Gasteiger partial charge in [0.2, 0.25) is 5.91 Å². The van der Waals surface area contributed by atoms with E-state index in [1.807, 2.05) is 0 Å². The second kappa shape index (κ2) is 8.79. The summed E-state index contributed by atoms with van der Waals surface area (Å²) in [6.45, 7) is 4.31. The number of carbonyl (C=O) groups excluding carboxylic acids is 1. The van der Waals surface area contributed by atoms with E-state index < -0.39 is 0 Å². The highest BCUT2D eigenvalue weighted by molar-refractivity contribution is 6.18. The van der Waals surface area contributed by atoms with Gasteiger partial charge in [-0.2, -0.15) is 0 Å². The van der Waals surface area contributed by atoms with Crippen molar-refractivity contribution in [1.82, 2.24) is 5.32 Å². The molecule has 0 aliphatic heterocycles. The highest BCUT2D eigenvalue weighted by Gasteiger charge is 2.26. The van der Waals surface area contributed by atoms with Crippen molar-refractivity contribution >= 4 is 17.5 Å². The topological polar surface area (TPSA) is 29.1 Å². The molecule has 1 N–H and O–H groups in total. The van der Waals surface area contributed by atoms with E-state index in [0.29, 0.717) is 5.88 Å². The van der Waals surface area contributed by atoms with Gasteiger partial charge in [-0.25, -0.2) is 0 Å². The van der Waals surface area contributed by atoms with Crippen molar-refractivity contribution in [2.75, 3.05) is 5.88 Å². The molecular weight excluding hydrogens is 246 g/mol. The lowest BCUT2D eigenvalue weighted by Crippen LogP contribution is -2.40. The Labute approximate surface area is 117 Å². The van der Waals surface area contributed by atoms with Gasteiger partial charge >= 0.3 is 0 Å². The van der Waals surface area contributed by atoms with E-state index in [9.17, 15) is 4.79 Å². The van der Waals surface area contributed by atoms with Crippen molar-refractivity contribution in [3.05, 3.63) is 0 Å². The number of alkyl halides is 1. The van der Waals surface area contributed by atoms with Gasteiger partial charge in [0, 0.05) is 17.8 Å². The van der Waals surface area contributed by atoms with E-state index in [1.54, 1.807) is 0 Å². The molecule has 2 nitrogen and oxygen atoms in total. The first kappa shape index (κ1) is 15.8. The predicted molar refractivity (Wildman–Crippen MR) is 77.9 cm³/mol. The van der Waals surface area contributed by atoms with Crippen LogP contribution in [-0.4, -0.2) is 17.8 Å². The van der Waals surface area contributed by atoms with Gasteiger partial charge in [-0.05, 0) is 38.0 Å². The standard InChI is InChI=1S/C15H28ClNO/c1-3-5-6-12-7-9-13(10-8-12)15(18)17-14(4-2)11-16/h12-14H,3-11H2,1-2H3,(H,17,18). The molecule has 0 saturated heterocycles. The number of hydrogen-bond acceptors (Lipinski definition) is 1. The fraction of sp³-hybridized carbons (Fsp3) is 0.933. The molecule has 1 rings (SSSR count). The number of rotatable bonds is 7. The molecule has 18 heavy (non-hydrogen) atoms. The van der Waals surface area contributed by atoms with E-state index in [1.165, 1.54) is 32.1 Å². The van der Waals surface area contributed by atoms with Crippen LogP contribution < -0.4 is 5.32 Å². The Balaban J connectivity index is 2.27. The van der Waals surface area contributed by atoms with Crippen LogP contribution in [0.2, 0.25) is 0 Å². The molecule has 1 aliphatic rings. The quantitative estimate of drug-likeness (QED) is 0.695. The van der Waals surface area contributed by atoms with Crippen LogP contribution in [0.15, 0.2) is 0 Å². The lowest BCUT2D eigenvalue weighted by Gasteiger charge is -2.28. The molecule has 3 heteroatoms. The fourth-order valence-corrected chi connectivity index (χ4v) is 3.07. The Hall–Kier alpha value is -0.240. The maximum absolute atomic E-state index is 12.1. The van der Waals surface area contributed by atoms with Crippen LogP contribution >= 0.6 is 11.6 Å². The van der Waals surface area contributed by atoms with E-state index in [2.05, 4.69) is 19.2 Å². The van der Waals surface area contributed by atoms with Crippen LogP contribution in [0.5, 0.6) is 0 Å². The van der Waals surface area contributed by atoms with E-state index in [-0.39, 0.29) is 17.9 Å². The van der Waals surface area contributed by atoms with Gasteiger partial charge in [0.05, 0.1) is 0 Å². The molecule has 0 heterocycles. The molecule has 1 saturated carbocycles. The third-order valence-corrected chi connectivity index (χ3v) is 4.58. The SMILES string of the molecule is CCCCC1CCC(C(=O)NC(CC)CCl)CC1. The average Bonchev–Trinajstić information content (AvgIpc) is 2.42. The lowest BCUT2D eigenvalue weighted by molar-refractivity contribution is -0.126. The summed E-state index contributed by atoms with van der Waals surface area (Å²) in [7, 11) is 0. The highest BCUT2D eigenvalue weighted by atomic mass is 35.5. The van der Waals surface area contributed by atoms with Gasteiger partial charge in [0.15, 0.2) is 0 Å². The lowest BCUT2D eigenvalue weighted by atomic mass is 9.79. The Morgan fingerprint density at radius 1 is 1.28 bits per heavy atom. The minimum Gasteiger partial charge on any atom is -0.352 e. The van der Waals surface area contributed by atoms with Crippen LogP contribution in [0, 0.1) is 11.8 Å². The van der Waals surface area contributed by atoms with Crippen LogP contribution in [-0.2, 0) is 4.79 Å². The molecule has 1 fully saturated rings. The van der Waals surface area contributed by atoms with E-state index >= 15 is 0 Å². The van der Waals surface area contributed by atoms with Crippen molar-refractivity contribution in [3.63, 3.8) is 0 Å². The summed E-state index contributed by atoms with van der Waals surface area (Å²) in [5, 5.41) is 3.07. The number of amides is 1. The summed E-state index contributed by atoms with van der Waals surface area (Å²) >= 11 is 5.82. The molecular formula is C15H28ClNO. The van der Waals surface area contributed by atoms with Gasteiger partial charge in [-0.15, -0.1) is 11.6 Å². The molecule has 106 valence electrons. The predicted octanol–water partition coefficient (Wildman–Crippen LogP) is 4.12. The zero-order valence-electron chi connectivity index (χ0n) is 11.9. The third-order valence-electron chi connectivity index (χ3n) is 4.21. The van der Waals surface area contributed by atoms with Gasteiger partial charge in [-0.1, -0.05) is 33.1 Å². The second-order valence-electron chi connectivity index (χ2n) is 5.63. The smallest absolute Gasteiger partial charge is 0.223 e. The van der Waals surface area contributed by atoms with Gasteiger partial charge < -0.3 is 5.32 Å². The third kappa shape index (κ3) is 5.17. The number of hydrogen-bond donors (Lipinski definition) is 1. The maximum atomic E-state index is 12.1. The molecule has 0 radical (unpaired) electrons. The molecule has 0 spiro atoms. The maximum Gasteiger partial charge on any atom is 0.223 e. The molecule has 1 aliphatic carbocycles. The second-order valence-corrected chi connectivity index (χ2v) is 5.94. The van der Waals surface area contributed by atoms with E-state index in [4.69, 9.17) is 11.6 Å². The summed E-state index contributed by atoms with van der Waals surface area (Å²) in [5.74, 6) is 1.86. The fourth-order valence-electron chi connectivity index (χ4n) is 2.77. The molecule has 1 atom stereocenters. The Morgan fingerprint density at radius 3 is 2.44 bits per heavy atom. The van der Waals surface area contributed by atoms with Crippen LogP contribution in [0.25, 0.3) is 0 Å². The first-order chi connectivity index (χ1) is 8.71. The molecule has 0 aromatic heterocycles. The van der Waals surface area contributed by atoms with Crippen molar-refractivity contribution < 1.29 is 4.79 Å². The number of nitrogens with one attached hydrogen (secondary N) is 1. The molecule has 0 aromatic rings. The molecule has 0 bridgehead atoms. The summed E-state index contributed by atoms with van der Waals surface area (Å²) in [5.41, 5.74) is 0. The van der Waals surface area contributed by atoms with Gasteiger partial charge in [0.25, 0.3) is 0 Å². The largest absolute Gasteiger partial charge is 0.352 e. The van der Waals surface area contributed by atoms with E-state index in [0.717, 1.165) is 25.2 Å². The Bertz CT molecular complexity index is 233. The normalized spacial score (nSPS) is 25.7. The zero-order chi connectivity index (χ0) is 13.4. The number of unbranched alkanes of at least 4 members (excludes halogenated alkanes) is 1. The first-order valence-corrected chi connectivity index (χ1v) is 8.11. The minimum atomic E-state index is 0.150. The van der Waals surface area contributed by atoms with Crippen LogP contribution in [0.3, 0.4) is 0 Å². The molecule has 0 aromatic carbocycles. The van der Waals surface area contributed by atoms with Crippen molar-refractivity contribution in [1.29, 1.82) is 0 Å². The van der Waals surface area contributed by atoms with Gasteiger partial charge in [0.1, 0.15) is 0 Å². The summed E-state index contributed by atoms with van der Waals surface area (Å²) in [6, 6.07) is 0.150. The Kier molecular flexibility index (Phi) is 7.73.